The van der Waals surface area contributed by atoms with Gasteiger partial charge in [-0.05, 0) is 30.7 Å². The third-order valence-corrected chi connectivity index (χ3v) is 3.72. The quantitative estimate of drug-likeness (QED) is 0.366. The van der Waals surface area contributed by atoms with Gasteiger partial charge in [-0.2, -0.15) is 0 Å². The lowest BCUT2D eigenvalue weighted by atomic mass is 10.2. The molecule has 2 aromatic rings. The number of anilines is 1. The first kappa shape index (κ1) is 21.4. The molecule has 25 heavy (non-hydrogen) atoms. The highest BCUT2D eigenvalue weighted by atomic mass is 127. The van der Waals surface area contributed by atoms with Gasteiger partial charge in [0.2, 0.25) is 0 Å². The maximum absolute atomic E-state index is 6.18. The first-order valence-corrected chi connectivity index (χ1v) is 8.06. The summed E-state index contributed by atoms with van der Waals surface area (Å²) in [6.45, 7) is 3.26. The summed E-state index contributed by atoms with van der Waals surface area (Å²) in [5.41, 5.74) is 1.83. The smallest absolute Gasteiger partial charge is 0.196 e. The van der Waals surface area contributed by atoms with E-state index in [0.29, 0.717) is 29.0 Å². The van der Waals surface area contributed by atoms with E-state index in [1.165, 1.54) is 0 Å². The number of ether oxygens (including phenoxy) is 2. The van der Waals surface area contributed by atoms with E-state index in [4.69, 9.17) is 21.1 Å². The molecule has 0 unspecified atom stereocenters. The Hall–Kier alpha value is -1.67. The van der Waals surface area contributed by atoms with Crippen molar-refractivity contribution in [3.8, 4) is 11.5 Å². The zero-order valence-electron chi connectivity index (χ0n) is 14.5. The van der Waals surface area contributed by atoms with Crippen molar-refractivity contribution >= 4 is 47.2 Å². The molecule has 0 fully saturated rings. The van der Waals surface area contributed by atoms with Gasteiger partial charge in [0, 0.05) is 23.3 Å². The molecule has 5 nitrogen and oxygen atoms in total. The number of hydrogen-bond acceptors (Lipinski definition) is 3. The molecule has 7 heteroatoms. The van der Waals surface area contributed by atoms with Crippen LogP contribution in [-0.2, 0) is 6.54 Å². The normalized spacial score (nSPS) is 10.6. The summed E-state index contributed by atoms with van der Waals surface area (Å²) in [4.78, 5) is 4.58. The number of halogens is 2. The molecular formula is C18H23ClIN3O2. The number of hydrogen-bond donors (Lipinski definition) is 2. The van der Waals surface area contributed by atoms with Gasteiger partial charge in [0.25, 0.3) is 0 Å². The number of methoxy groups -OCH3 is 2. The first-order chi connectivity index (χ1) is 11.7. The topological polar surface area (TPSA) is 54.9 Å². The van der Waals surface area contributed by atoms with Crippen LogP contribution in [0.3, 0.4) is 0 Å². The Morgan fingerprint density at radius 3 is 2.44 bits per heavy atom. The zero-order chi connectivity index (χ0) is 17.4. The lowest BCUT2D eigenvalue weighted by Crippen LogP contribution is -2.30. The summed E-state index contributed by atoms with van der Waals surface area (Å²) in [6.07, 6.45) is 0. The molecule has 136 valence electrons. The standard InChI is InChI=1S/C18H22ClN3O2.HI/c1-4-20-18(21-12-13-7-5-6-8-15(13)19)22-14-9-10-16(23-2)17(11-14)24-3;/h5-11H,4,12H2,1-3H3,(H2,20,21,22);1H. The van der Waals surface area contributed by atoms with Crippen molar-refractivity contribution in [2.75, 3.05) is 26.1 Å². The average Bonchev–Trinajstić information content (AvgIpc) is 2.61. The van der Waals surface area contributed by atoms with Crippen LogP contribution in [0.2, 0.25) is 5.02 Å². The van der Waals surface area contributed by atoms with Crippen LogP contribution in [0.4, 0.5) is 5.69 Å². The van der Waals surface area contributed by atoms with Crippen molar-refractivity contribution in [3.05, 3.63) is 53.1 Å². The molecule has 0 heterocycles. The minimum atomic E-state index is 0. The van der Waals surface area contributed by atoms with Crippen molar-refractivity contribution < 1.29 is 9.47 Å². The summed E-state index contributed by atoms with van der Waals surface area (Å²) in [7, 11) is 3.22. The van der Waals surface area contributed by atoms with Crippen molar-refractivity contribution in [1.82, 2.24) is 5.32 Å². The molecule has 2 rings (SSSR count). The minimum absolute atomic E-state index is 0. The Kier molecular flexibility index (Phi) is 9.44. The van der Waals surface area contributed by atoms with Crippen LogP contribution in [0.1, 0.15) is 12.5 Å². The molecule has 0 saturated carbocycles. The lowest BCUT2D eigenvalue weighted by molar-refractivity contribution is 0.355. The van der Waals surface area contributed by atoms with Gasteiger partial charge in [0.15, 0.2) is 17.5 Å². The summed E-state index contributed by atoms with van der Waals surface area (Å²) in [5, 5.41) is 7.18. The van der Waals surface area contributed by atoms with Crippen LogP contribution in [0.15, 0.2) is 47.5 Å². The molecular weight excluding hydrogens is 453 g/mol. The van der Waals surface area contributed by atoms with Crippen molar-refractivity contribution in [2.45, 2.75) is 13.5 Å². The number of aliphatic imine (C=N–C) groups is 1. The van der Waals surface area contributed by atoms with E-state index in [1.54, 1.807) is 14.2 Å². The second kappa shape index (κ2) is 11.0. The van der Waals surface area contributed by atoms with E-state index >= 15 is 0 Å². The van der Waals surface area contributed by atoms with E-state index < -0.39 is 0 Å². The highest BCUT2D eigenvalue weighted by molar-refractivity contribution is 14.0. The lowest BCUT2D eigenvalue weighted by Gasteiger charge is -2.14. The highest BCUT2D eigenvalue weighted by Crippen LogP contribution is 2.29. The molecule has 0 aliphatic heterocycles. The second-order valence-corrected chi connectivity index (χ2v) is 5.39. The van der Waals surface area contributed by atoms with Gasteiger partial charge in [-0.15, -0.1) is 24.0 Å². The van der Waals surface area contributed by atoms with Crippen LogP contribution in [0.25, 0.3) is 0 Å². The molecule has 0 saturated heterocycles. The van der Waals surface area contributed by atoms with Crippen LogP contribution < -0.4 is 20.1 Å². The predicted octanol–water partition coefficient (Wildman–Crippen LogP) is 4.55. The molecule has 0 aliphatic carbocycles. The van der Waals surface area contributed by atoms with Gasteiger partial charge >= 0.3 is 0 Å². The van der Waals surface area contributed by atoms with Crippen LogP contribution in [0.5, 0.6) is 11.5 Å². The molecule has 0 radical (unpaired) electrons. The number of guanidine groups is 1. The summed E-state index contributed by atoms with van der Waals surface area (Å²) >= 11 is 6.18. The maximum Gasteiger partial charge on any atom is 0.196 e. The second-order valence-electron chi connectivity index (χ2n) is 4.98. The minimum Gasteiger partial charge on any atom is -0.493 e. The number of nitrogens with one attached hydrogen (secondary N) is 2. The Morgan fingerprint density at radius 1 is 1.08 bits per heavy atom. The third kappa shape index (κ3) is 6.28. The monoisotopic (exact) mass is 475 g/mol. The van der Waals surface area contributed by atoms with Crippen LogP contribution >= 0.6 is 35.6 Å². The Labute approximate surface area is 170 Å². The predicted molar refractivity (Wildman–Crippen MR) is 115 cm³/mol. The Morgan fingerprint density at radius 2 is 1.80 bits per heavy atom. The van der Waals surface area contributed by atoms with Crippen LogP contribution in [0, 0.1) is 0 Å². The maximum atomic E-state index is 6.18. The third-order valence-electron chi connectivity index (χ3n) is 3.36. The Balaban J connectivity index is 0.00000312. The van der Waals surface area contributed by atoms with Crippen LogP contribution in [-0.4, -0.2) is 26.7 Å². The molecule has 0 spiro atoms. The fraction of sp³-hybridized carbons (Fsp3) is 0.278. The molecule has 2 aromatic carbocycles. The molecule has 0 amide bonds. The molecule has 2 N–H and O–H groups in total. The van der Waals surface area contributed by atoms with Crippen molar-refractivity contribution in [1.29, 1.82) is 0 Å². The Bertz CT molecular complexity index is 710. The van der Waals surface area contributed by atoms with E-state index in [2.05, 4.69) is 15.6 Å². The fourth-order valence-corrected chi connectivity index (χ4v) is 2.34. The SMILES string of the molecule is CCNC(=NCc1ccccc1Cl)Nc1ccc(OC)c(OC)c1.I. The number of benzene rings is 2. The average molecular weight is 476 g/mol. The molecule has 0 aliphatic rings. The highest BCUT2D eigenvalue weighted by Gasteiger charge is 2.06. The van der Waals surface area contributed by atoms with Crippen molar-refractivity contribution in [2.24, 2.45) is 4.99 Å². The summed E-state index contributed by atoms with van der Waals surface area (Å²) in [5.74, 6) is 2.01. The van der Waals surface area contributed by atoms with Gasteiger partial charge in [-0.1, -0.05) is 29.8 Å². The van der Waals surface area contributed by atoms with Crippen molar-refractivity contribution in [3.63, 3.8) is 0 Å². The van der Waals surface area contributed by atoms with Gasteiger partial charge < -0.3 is 20.1 Å². The number of rotatable bonds is 6. The van der Waals surface area contributed by atoms with E-state index in [0.717, 1.165) is 17.8 Å². The van der Waals surface area contributed by atoms with Gasteiger partial charge in [-0.25, -0.2) is 4.99 Å². The largest absolute Gasteiger partial charge is 0.493 e. The van der Waals surface area contributed by atoms with E-state index in [-0.39, 0.29) is 24.0 Å². The molecule has 0 atom stereocenters. The van der Waals surface area contributed by atoms with Gasteiger partial charge in [-0.3, -0.25) is 0 Å². The number of nitrogens with zero attached hydrogens (tertiary/aromatic N) is 1. The fourth-order valence-electron chi connectivity index (χ4n) is 2.15. The molecule has 0 aromatic heterocycles. The summed E-state index contributed by atoms with van der Waals surface area (Å²) in [6, 6.07) is 13.3. The first-order valence-electron chi connectivity index (χ1n) is 7.68. The van der Waals surface area contributed by atoms with Gasteiger partial charge in [0.1, 0.15) is 0 Å². The summed E-state index contributed by atoms with van der Waals surface area (Å²) < 4.78 is 10.6. The molecule has 0 bridgehead atoms. The zero-order valence-corrected chi connectivity index (χ0v) is 17.6. The van der Waals surface area contributed by atoms with E-state index in [1.807, 2.05) is 49.4 Å². The van der Waals surface area contributed by atoms with Gasteiger partial charge in [0.05, 0.1) is 20.8 Å². The van der Waals surface area contributed by atoms with E-state index in [9.17, 15) is 0 Å².